The van der Waals surface area contributed by atoms with Gasteiger partial charge in [0.05, 0.1) is 6.54 Å². The first-order valence-corrected chi connectivity index (χ1v) is 7.71. The van der Waals surface area contributed by atoms with Gasteiger partial charge < -0.3 is 16.0 Å². The maximum Gasteiger partial charge on any atom is 0.246 e. The molecular formula is C13H20N4O2S. The summed E-state index contributed by atoms with van der Waals surface area (Å²) < 4.78 is 0. The second kappa shape index (κ2) is 6.69. The first-order chi connectivity index (χ1) is 9.66. The maximum atomic E-state index is 12.5. The second-order valence-corrected chi connectivity index (χ2v) is 5.86. The van der Waals surface area contributed by atoms with Gasteiger partial charge in [-0.25, -0.2) is 4.98 Å². The van der Waals surface area contributed by atoms with Crippen molar-refractivity contribution in [2.24, 2.45) is 0 Å². The molecule has 7 heteroatoms. The molecule has 1 heterocycles. The lowest BCUT2D eigenvalue weighted by Gasteiger charge is -2.36. The fourth-order valence-electron chi connectivity index (χ4n) is 2.47. The zero-order valence-corrected chi connectivity index (χ0v) is 12.4. The highest BCUT2D eigenvalue weighted by atomic mass is 32.1. The second-order valence-electron chi connectivity index (χ2n) is 4.96. The van der Waals surface area contributed by atoms with Crippen LogP contribution in [-0.4, -0.2) is 35.9 Å². The van der Waals surface area contributed by atoms with Crippen molar-refractivity contribution < 1.29 is 9.59 Å². The summed E-state index contributed by atoms with van der Waals surface area (Å²) in [7, 11) is 1.55. The Morgan fingerprint density at radius 1 is 1.35 bits per heavy atom. The fourth-order valence-corrected chi connectivity index (χ4v) is 3.10. The number of rotatable bonds is 5. The quantitative estimate of drug-likeness (QED) is 0.760. The third-order valence-corrected chi connectivity index (χ3v) is 4.30. The van der Waals surface area contributed by atoms with Crippen molar-refractivity contribution in [1.29, 1.82) is 0 Å². The van der Waals surface area contributed by atoms with Crippen molar-refractivity contribution in [3.05, 3.63) is 11.6 Å². The van der Waals surface area contributed by atoms with Crippen LogP contribution in [0.2, 0.25) is 0 Å². The molecule has 20 heavy (non-hydrogen) atoms. The van der Waals surface area contributed by atoms with Gasteiger partial charge in [-0.1, -0.05) is 19.3 Å². The highest BCUT2D eigenvalue weighted by Gasteiger charge is 2.40. The number of hydrogen-bond acceptors (Lipinski definition) is 5. The van der Waals surface area contributed by atoms with Crippen LogP contribution in [0.4, 0.5) is 5.13 Å². The summed E-state index contributed by atoms with van der Waals surface area (Å²) in [5.41, 5.74) is -0.635. The van der Waals surface area contributed by atoms with Gasteiger partial charge >= 0.3 is 0 Å². The lowest BCUT2D eigenvalue weighted by molar-refractivity contribution is -0.129. The number of anilines is 1. The summed E-state index contributed by atoms with van der Waals surface area (Å²) in [6.07, 6.45) is 6.41. The van der Waals surface area contributed by atoms with Gasteiger partial charge in [0.15, 0.2) is 5.13 Å². The van der Waals surface area contributed by atoms with Crippen LogP contribution in [0.25, 0.3) is 0 Å². The van der Waals surface area contributed by atoms with Gasteiger partial charge in [0.25, 0.3) is 0 Å². The van der Waals surface area contributed by atoms with Gasteiger partial charge in [0, 0.05) is 18.6 Å². The molecule has 1 aromatic rings. The first-order valence-electron chi connectivity index (χ1n) is 6.83. The smallest absolute Gasteiger partial charge is 0.246 e. The molecule has 1 fully saturated rings. The average molecular weight is 296 g/mol. The fraction of sp³-hybridized carbons (Fsp3) is 0.615. The highest BCUT2D eigenvalue weighted by molar-refractivity contribution is 7.13. The van der Waals surface area contributed by atoms with Crippen molar-refractivity contribution in [2.45, 2.75) is 37.6 Å². The molecule has 0 radical (unpaired) electrons. The van der Waals surface area contributed by atoms with E-state index in [9.17, 15) is 9.59 Å². The van der Waals surface area contributed by atoms with E-state index < -0.39 is 5.54 Å². The van der Waals surface area contributed by atoms with Crippen molar-refractivity contribution >= 4 is 28.3 Å². The van der Waals surface area contributed by atoms with E-state index in [-0.39, 0.29) is 18.4 Å². The summed E-state index contributed by atoms with van der Waals surface area (Å²) in [4.78, 5) is 28.0. The van der Waals surface area contributed by atoms with E-state index in [1.165, 1.54) is 11.3 Å². The molecule has 110 valence electrons. The van der Waals surface area contributed by atoms with Crippen LogP contribution in [0.3, 0.4) is 0 Å². The number of amides is 2. The summed E-state index contributed by atoms with van der Waals surface area (Å²) in [6, 6.07) is 0. The predicted octanol–water partition coefficient (Wildman–Crippen LogP) is 1.12. The standard InChI is InChI=1S/C13H20N4O2S/c1-14-10(18)9-16-11(19)13(5-3-2-4-6-13)17-12-15-7-8-20-12/h7-8H,2-6,9H2,1H3,(H,14,18)(H,15,17)(H,16,19). The lowest BCUT2D eigenvalue weighted by atomic mass is 9.81. The van der Waals surface area contributed by atoms with Gasteiger partial charge in [-0.2, -0.15) is 0 Å². The molecule has 1 saturated carbocycles. The van der Waals surface area contributed by atoms with Crippen LogP contribution in [0.5, 0.6) is 0 Å². The van der Waals surface area contributed by atoms with Crippen LogP contribution >= 0.6 is 11.3 Å². The molecule has 0 aliphatic heterocycles. The van der Waals surface area contributed by atoms with Crippen molar-refractivity contribution in [3.63, 3.8) is 0 Å². The molecule has 0 bridgehead atoms. The molecule has 0 spiro atoms. The van der Waals surface area contributed by atoms with Crippen molar-refractivity contribution in [1.82, 2.24) is 15.6 Å². The molecule has 6 nitrogen and oxygen atoms in total. The normalized spacial score (nSPS) is 17.2. The van der Waals surface area contributed by atoms with Crippen molar-refractivity contribution in [2.75, 3.05) is 18.9 Å². The Balaban J connectivity index is 2.05. The molecule has 0 unspecified atom stereocenters. The summed E-state index contributed by atoms with van der Waals surface area (Å²) >= 11 is 1.48. The predicted molar refractivity (Wildman–Crippen MR) is 78.6 cm³/mol. The Hall–Kier alpha value is -1.63. The number of likely N-dealkylation sites (N-methyl/N-ethyl adjacent to an activating group) is 1. The van der Waals surface area contributed by atoms with E-state index in [0.717, 1.165) is 37.2 Å². The Bertz CT molecular complexity index is 455. The lowest BCUT2D eigenvalue weighted by Crippen LogP contribution is -2.55. The van der Waals surface area contributed by atoms with E-state index in [4.69, 9.17) is 0 Å². The zero-order valence-electron chi connectivity index (χ0n) is 11.6. The SMILES string of the molecule is CNC(=O)CNC(=O)C1(Nc2nccs2)CCCCC1. The number of carbonyl (C=O) groups is 2. The Kier molecular flexibility index (Phi) is 4.94. The van der Waals surface area contributed by atoms with Crippen molar-refractivity contribution in [3.8, 4) is 0 Å². The minimum absolute atomic E-state index is 0.0105. The van der Waals surface area contributed by atoms with Crippen LogP contribution < -0.4 is 16.0 Å². The van der Waals surface area contributed by atoms with Gasteiger partial charge in [-0.15, -0.1) is 11.3 Å². The van der Waals surface area contributed by atoms with Gasteiger partial charge in [0.2, 0.25) is 11.8 Å². The molecule has 1 aliphatic carbocycles. The number of nitrogens with one attached hydrogen (secondary N) is 3. The topological polar surface area (TPSA) is 83.1 Å². The maximum absolute atomic E-state index is 12.5. The molecular weight excluding hydrogens is 276 g/mol. The number of hydrogen-bond donors (Lipinski definition) is 3. The molecule has 0 saturated heterocycles. The number of nitrogens with zero attached hydrogens (tertiary/aromatic N) is 1. The highest BCUT2D eigenvalue weighted by Crippen LogP contribution is 2.32. The van der Waals surface area contributed by atoms with E-state index in [1.807, 2.05) is 5.38 Å². The number of aromatic nitrogens is 1. The Morgan fingerprint density at radius 3 is 2.70 bits per heavy atom. The summed E-state index contributed by atoms with van der Waals surface area (Å²) in [5, 5.41) is 11.1. The van der Waals surface area contributed by atoms with E-state index in [2.05, 4.69) is 20.9 Å². The summed E-state index contributed by atoms with van der Waals surface area (Å²) in [6.45, 7) is 0.0105. The van der Waals surface area contributed by atoms with Crippen LogP contribution in [0.1, 0.15) is 32.1 Å². The largest absolute Gasteiger partial charge is 0.358 e. The Labute approximate surface area is 122 Å². The Morgan fingerprint density at radius 2 is 2.10 bits per heavy atom. The molecule has 3 N–H and O–H groups in total. The van der Waals surface area contributed by atoms with Crippen LogP contribution in [0, 0.1) is 0 Å². The molecule has 1 aliphatic rings. The number of carbonyl (C=O) groups excluding carboxylic acids is 2. The zero-order chi connectivity index (χ0) is 14.4. The average Bonchev–Trinajstić information content (AvgIpc) is 2.98. The van der Waals surface area contributed by atoms with E-state index >= 15 is 0 Å². The van der Waals surface area contributed by atoms with E-state index in [1.54, 1.807) is 13.2 Å². The van der Waals surface area contributed by atoms with Gasteiger partial charge in [-0.05, 0) is 12.8 Å². The monoisotopic (exact) mass is 296 g/mol. The van der Waals surface area contributed by atoms with Gasteiger partial charge in [-0.3, -0.25) is 9.59 Å². The third-order valence-electron chi connectivity index (χ3n) is 3.61. The molecule has 0 aromatic carbocycles. The summed E-state index contributed by atoms with van der Waals surface area (Å²) in [5.74, 6) is -0.311. The number of thiazole rings is 1. The van der Waals surface area contributed by atoms with Gasteiger partial charge in [0.1, 0.15) is 5.54 Å². The minimum Gasteiger partial charge on any atom is -0.358 e. The minimum atomic E-state index is -0.635. The molecule has 2 amide bonds. The van der Waals surface area contributed by atoms with E-state index in [0.29, 0.717) is 0 Å². The molecule has 0 atom stereocenters. The van der Waals surface area contributed by atoms with Crippen LogP contribution in [0.15, 0.2) is 11.6 Å². The first kappa shape index (κ1) is 14.8. The molecule has 2 rings (SSSR count). The molecule has 1 aromatic heterocycles. The van der Waals surface area contributed by atoms with Crippen LogP contribution in [-0.2, 0) is 9.59 Å². The third kappa shape index (κ3) is 3.47.